The zero-order valence-electron chi connectivity index (χ0n) is 11.0. The SMILES string of the molecule is CCCc1ccc(-n2cnc3cc(N)ccc32)cc1. The van der Waals surface area contributed by atoms with E-state index in [-0.39, 0.29) is 0 Å². The Labute approximate surface area is 112 Å². The van der Waals surface area contributed by atoms with Crippen LogP contribution in [0.5, 0.6) is 0 Å². The van der Waals surface area contributed by atoms with Crippen molar-refractivity contribution in [1.82, 2.24) is 9.55 Å². The Hall–Kier alpha value is -2.29. The van der Waals surface area contributed by atoms with Crippen LogP contribution < -0.4 is 5.73 Å². The van der Waals surface area contributed by atoms with Crippen LogP contribution in [0.25, 0.3) is 16.7 Å². The summed E-state index contributed by atoms with van der Waals surface area (Å²) in [6.45, 7) is 2.20. The molecule has 0 radical (unpaired) electrons. The summed E-state index contributed by atoms with van der Waals surface area (Å²) >= 11 is 0. The van der Waals surface area contributed by atoms with Crippen molar-refractivity contribution in [3.63, 3.8) is 0 Å². The van der Waals surface area contributed by atoms with Crippen LogP contribution in [-0.2, 0) is 6.42 Å². The Bertz CT molecular complexity index is 696. The second-order valence-corrected chi connectivity index (χ2v) is 4.78. The molecular formula is C16H17N3. The van der Waals surface area contributed by atoms with Gasteiger partial charge in [0.05, 0.1) is 11.0 Å². The van der Waals surface area contributed by atoms with Crippen LogP contribution in [0.1, 0.15) is 18.9 Å². The minimum absolute atomic E-state index is 0.746. The van der Waals surface area contributed by atoms with Crippen LogP contribution in [-0.4, -0.2) is 9.55 Å². The molecule has 1 aromatic heterocycles. The Morgan fingerprint density at radius 2 is 1.89 bits per heavy atom. The average Bonchev–Trinajstić information content (AvgIpc) is 2.83. The van der Waals surface area contributed by atoms with Gasteiger partial charge in [0.2, 0.25) is 0 Å². The highest BCUT2D eigenvalue weighted by Crippen LogP contribution is 2.20. The molecule has 96 valence electrons. The second kappa shape index (κ2) is 4.76. The second-order valence-electron chi connectivity index (χ2n) is 4.78. The molecule has 0 aliphatic carbocycles. The number of anilines is 1. The molecule has 0 aliphatic heterocycles. The number of nitrogens with zero attached hydrogens (tertiary/aromatic N) is 2. The van der Waals surface area contributed by atoms with Crippen molar-refractivity contribution in [2.24, 2.45) is 0 Å². The summed E-state index contributed by atoms with van der Waals surface area (Å²) in [6, 6.07) is 14.5. The number of benzene rings is 2. The van der Waals surface area contributed by atoms with Gasteiger partial charge in [-0.15, -0.1) is 0 Å². The number of fused-ring (bicyclic) bond motifs is 1. The number of imidazole rings is 1. The summed E-state index contributed by atoms with van der Waals surface area (Å²) in [5.41, 5.74) is 11.0. The Balaban J connectivity index is 2.04. The van der Waals surface area contributed by atoms with Crippen molar-refractivity contribution in [3.05, 3.63) is 54.4 Å². The highest BCUT2D eigenvalue weighted by Gasteiger charge is 2.04. The molecule has 3 rings (SSSR count). The van der Waals surface area contributed by atoms with Gasteiger partial charge in [0.15, 0.2) is 0 Å². The summed E-state index contributed by atoms with van der Waals surface area (Å²) < 4.78 is 2.09. The molecular weight excluding hydrogens is 234 g/mol. The molecule has 2 N–H and O–H groups in total. The summed E-state index contributed by atoms with van der Waals surface area (Å²) in [5.74, 6) is 0. The molecule has 3 heteroatoms. The number of nitrogen functional groups attached to an aromatic ring is 1. The zero-order valence-corrected chi connectivity index (χ0v) is 11.0. The Morgan fingerprint density at radius 3 is 2.63 bits per heavy atom. The predicted molar refractivity (Wildman–Crippen MR) is 79.5 cm³/mol. The van der Waals surface area contributed by atoms with E-state index in [1.165, 1.54) is 12.0 Å². The molecule has 0 atom stereocenters. The third-order valence-corrected chi connectivity index (χ3v) is 3.32. The highest BCUT2D eigenvalue weighted by molar-refractivity contribution is 5.80. The van der Waals surface area contributed by atoms with E-state index < -0.39 is 0 Å². The van der Waals surface area contributed by atoms with Gasteiger partial charge in [-0.05, 0) is 42.3 Å². The number of aryl methyl sites for hydroxylation is 1. The minimum atomic E-state index is 0.746. The summed E-state index contributed by atoms with van der Waals surface area (Å²) in [4.78, 5) is 4.40. The average molecular weight is 251 g/mol. The number of hydrogen-bond donors (Lipinski definition) is 1. The molecule has 1 heterocycles. The number of aromatic nitrogens is 2. The van der Waals surface area contributed by atoms with Gasteiger partial charge in [-0.1, -0.05) is 25.5 Å². The fourth-order valence-electron chi connectivity index (χ4n) is 2.35. The smallest absolute Gasteiger partial charge is 0.100 e. The molecule has 0 spiro atoms. The van der Waals surface area contributed by atoms with Gasteiger partial charge in [-0.25, -0.2) is 4.98 Å². The van der Waals surface area contributed by atoms with E-state index in [0.717, 1.165) is 28.8 Å². The highest BCUT2D eigenvalue weighted by atomic mass is 15.0. The van der Waals surface area contributed by atoms with Crippen molar-refractivity contribution < 1.29 is 0 Å². The first kappa shape index (κ1) is 11.8. The van der Waals surface area contributed by atoms with Gasteiger partial charge in [-0.2, -0.15) is 0 Å². The van der Waals surface area contributed by atoms with Crippen molar-refractivity contribution in [3.8, 4) is 5.69 Å². The van der Waals surface area contributed by atoms with Crippen LogP contribution in [0.4, 0.5) is 5.69 Å². The number of hydrogen-bond acceptors (Lipinski definition) is 2. The topological polar surface area (TPSA) is 43.8 Å². The lowest BCUT2D eigenvalue weighted by molar-refractivity contribution is 0.920. The normalized spacial score (nSPS) is 11.0. The third-order valence-electron chi connectivity index (χ3n) is 3.32. The monoisotopic (exact) mass is 251 g/mol. The Morgan fingerprint density at radius 1 is 1.11 bits per heavy atom. The molecule has 0 aliphatic rings. The lowest BCUT2D eigenvalue weighted by Gasteiger charge is -2.06. The fraction of sp³-hybridized carbons (Fsp3) is 0.188. The predicted octanol–water partition coefficient (Wildman–Crippen LogP) is 3.56. The molecule has 0 fully saturated rings. The van der Waals surface area contributed by atoms with Crippen molar-refractivity contribution >= 4 is 16.7 Å². The van der Waals surface area contributed by atoms with Crippen LogP contribution >= 0.6 is 0 Å². The maximum absolute atomic E-state index is 5.78. The molecule has 3 nitrogen and oxygen atoms in total. The quantitative estimate of drug-likeness (QED) is 0.723. The molecule has 0 saturated heterocycles. The maximum atomic E-state index is 5.78. The molecule has 0 unspecified atom stereocenters. The third kappa shape index (κ3) is 2.19. The molecule has 0 amide bonds. The molecule has 0 saturated carbocycles. The van der Waals surface area contributed by atoms with Crippen LogP contribution in [0.15, 0.2) is 48.8 Å². The minimum Gasteiger partial charge on any atom is -0.399 e. The van der Waals surface area contributed by atoms with Crippen molar-refractivity contribution in [2.45, 2.75) is 19.8 Å². The van der Waals surface area contributed by atoms with E-state index >= 15 is 0 Å². The summed E-state index contributed by atoms with van der Waals surface area (Å²) in [5, 5.41) is 0. The molecule has 0 bridgehead atoms. The maximum Gasteiger partial charge on any atom is 0.100 e. The van der Waals surface area contributed by atoms with E-state index in [1.807, 2.05) is 24.5 Å². The van der Waals surface area contributed by atoms with Gasteiger partial charge in [0.1, 0.15) is 6.33 Å². The van der Waals surface area contributed by atoms with Gasteiger partial charge in [0.25, 0.3) is 0 Å². The lowest BCUT2D eigenvalue weighted by atomic mass is 10.1. The Kier molecular flexibility index (Phi) is 2.95. The number of rotatable bonds is 3. The van der Waals surface area contributed by atoms with E-state index in [9.17, 15) is 0 Å². The van der Waals surface area contributed by atoms with E-state index in [2.05, 4.69) is 40.7 Å². The fourth-order valence-corrected chi connectivity index (χ4v) is 2.35. The van der Waals surface area contributed by atoms with E-state index in [4.69, 9.17) is 5.73 Å². The number of nitrogens with two attached hydrogens (primary N) is 1. The van der Waals surface area contributed by atoms with Crippen LogP contribution in [0.3, 0.4) is 0 Å². The van der Waals surface area contributed by atoms with Crippen molar-refractivity contribution in [1.29, 1.82) is 0 Å². The van der Waals surface area contributed by atoms with E-state index in [1.54, 1.807) is 0 Å². The van der Waals surface area contributed by atoms with Gasteiger partial charge < -0.3 is 5.73 Å². The first-order valence-electron chi connectivity index (χ1n) is 6.60. The summed E-state index contributed by atoms with van der Waals surface area (Å²) in [7, 11) is 0. The molecule has 2 aromatic carbocycles. The van der Waals surface area contributed by atoms with Gasteiger partial charge >= 0.3 is 0 Å². The molecule has 19 heavy (non-hydrogen) atoms. The lowest BCUT2D eigenvalue weighted by Crippen LogP contribution is -1.93. The standard InChI is InChI=1S/C16H17N3/c1-2-3-12-4-7-14(8-5-12)19-11-18-15-10-13(17)6-9-16(15)19/h4-11H,2-3,17H2,1H3. The van der Waals surface area contributed by atoms with E-state index in [0.29, 0.717) is 0 Å². The largest absolute Gasteiger partial charge is 0.399 e. The van der Waals surface area contributed by atoms with Gasteiger partial charge in [-0.3, -0.25) is 4.57 Å². The van der Waals surface area contributed by atoms with Crippen LogP contribution in [0, 0.1) is 0 Å². The van der Waals surface area contributed by atoms with Gasteiger partial charge in [0, 0.05) is 11.4 Å². The molecule has 3 aromatic rings. The summed E-state index contributed by atoms with van der Waals surface area (Å²) in [6.07, 6.45) is 4.15. The zero-order chi connectivity index (χ0) is 13.2. The first-order chi connectivity index (χ1) is 9.28. The van der Waals surface area contributed by atoms with Crippen LogP contribution in [0.2, 0.25) is 0 Å². The van der Waals surface area contributed by atoms with Crippen molar-refractivity contribution in [2.75, 3.05) is 5.73 Å². The first-order valence-corrected chi connectivity index (χ1v) is 6.60.